The van der Waals surface area contributed by atoms with Crippen LogP contribution >= 0.6 is 15.9 Å². The van der Waals surface area contributed by atoms with Crippen LogP contribution in [0.25, 0.3) is 0 Å². The summed E-state index contributed by atoms with van der Waals surface area (Å²) in [5.74, 6) is 1.85. The molecule has 0 unspecified atom stereocenters. The fourth-order valence-electron chi connectivity index (χ4n) is 1.80. The fourth-order valence-corrected chi connectivity index (χ4v) is 2.03. The van der Waals surface area contributed by atoms with E-state index in [9.17, 15) is 0 Å². The smallest absolute Gasteiger partial charge is 0.128 e. The van der Waals surface area contributed by atoms with Gasteiger partial charge < -0.3 is 4.90 Å². The van der Waals surface area contributed by atoms with E-state index in [-0.39, 0.29) is 0 Å². The molecule has 0 fully saturated rings. The van der Waals surface area contributed by atoms with Gasteiger partial charge in [0.2, 0.25) is 0 Å². The van der Waals surface area contributed by atoms with E-state index < -0.39 is 0 Å². The first kappa shape index (κ1) is 13.5. The zero-order valence-electron chi connectivity index (χ0n) is 10.4. The molecule has 1 aromatic heterocycles. The lowest BCUT2D eigenvalue weighted by molar-refractivity contribution is 0.484. The van der Waals surface area contributed by atoms with Crippen LogP contribution in [0.3, 0.4) is 0 Å². The second kappa shape index (κ2) is 6.89. The van der Waals surface area contributed by atoms with E-state index in [0.717, 1.165) is 29.3 Å². The quantitative estimate of drug-likeness (QED) is 0.782. The number of hydrogen-bond donors (Lipinski definition) is 0. The molecular weight excluding hydrogens is 264 g/mol. The maximum absolute atomic E-state index is 4.45. The van der Waals surface area contributed by atoms with Crippen molar-refractivity contribution in [2.75, 3.05) is 18.0 Å². The van der Waals surface area contributed by atoms with Gasteiger partial charge in [-0.25, -0.2) is 4.98 Å². The molecule has 0 aliphatic heterocycles. The van der Waals surface area contributed by atoms with E-state index in [1.807, 2.05) is 6.20 Å². The summed E-state index contributed by atoms with van der Waals surface area (Å²) in [5, 5.41) is 0. The van der Waals surface area contributed by atoms with Crippen LogP contribution in [-0.2, 0) is 0 Å². The molecule has 0 radical (unpaired) electrons. The van der Waals surface area contributed by atoms with Crippen LogP contribution in [0.5, 0.6) is 0 Å². The second-order valence-electron chi connectivity index (χ2n) is 4.06. The highest BCUT2D eigenvalue weighted by atomic mass is 79.9. The number of pyridine rings is 1. The van der Waals surface area contributed by atoms with Crippen molar-refractivity contribution in [1.29, 1.82) is 0 Å². The number of nitrogens with zero attached hydrogens (tertiary/aromatic N) is 2. The lowest BCUT2D eigenvalue weighted by atomic mass is 10.0. The van der Waals surface area contributed by atoms with Crippen molar-refractivity contribution in [2.45, 2.75) is 33.6 Å². The fraction of sp³-hybridized carbons (Fsp3) is 0.615. The van der Waals surface area contributed by atoms with Gasteiger partial charge in [0.1, 0.15) is 5.82 Å². The van der Waals surface area contributed by atoms with Gasteiger partial charge in [0, 0.05) is 23.8 Å². The van der Waals surface area contributed by atoms with Crippen LogP contribution in [0.1, 0.15) is 33.6 Å². The Morgan fingerprint density at radius 2 is 1.94 bits per heavy atom. The van der Waals surface area contributed by atoms with E-state index in [1.165, 1.54) is 12.8 Å². The van der Waals surface area contributed by atoms with Crippen molar-refractivity contribution in [1.82, 2.24) is 4.98 Å². The second-order valence-corrected chi connectivity index (χ2v) is 4.97. The maximum Gasteiger partial charge on any atom is 0.128 e. The molecule has 16 heavy (non-hydrogen) atoms. The van der Waals surface area contributed by atoms with Crippen molar-refractivity contribution < 1.29 is 0 Å². The van der Waals surface area contributed by atoms with Crippen LogP contribution < -0.4 is 4.90 Å². The number of rotatable bonds is 6. The summed E-state index contributed by atoms with van der Waals surface area (Å²) in [7, 11) is 0. The van der Waals surface area contributed by atoms with Crippen molar-refractivity contribution >= 4 is 21.7 Å². The Bertz CT molecular complexity index is 293. The van der Waals surface area contributed by atoms with Gasteiger partial charge in [0.25, 0.3) is 0 Å². The van der Waals surface area contributed by atoms with Crippen LogP contribution in [0.2, 0.25) is 0 Å². The average molecular weight is 285 g/mol. The first-order valence-corrected chi connectivity index (χ1v) is 6.87. The van der Waals surface area contributed by atoms with Crippen LogP contribution in [0.4, 0.5) is 5.82 Å². The van der Waals surface area contributed by atoms with Crippen LogP contribution in [-0.4, -0.2) is 18.1 Å². The van der Waals surface area contributed by atoms with Gasteiger partial charge in [-0.2, -0.15) is 0 Å². The molecule has 0 aromatic carbocycles. The monoisotopic (exact) mass is 284 g/mol. The topological polar surface area (TPSA) is 16.1 Å². The molecular formula is C13H21BrN2. The summed E-state index contributed by atoms with van der Waals surface area (Å²) in [4.78, 5) is 6.80. The average Bonchev–Trinajstić information content (AvgIpc) is 2.32. The highest BCUT2D eigenvalue weighted by Gasteiger charge is 2.11. The highest BCUT2D eigenvalue weighted by molar-refractivity contribution is 9.10. The number of halogens is 1. The van der Waals surface area contributed by atoms with Crippen LogP contribution in [0, 0.1) is 5.92 Å². The van der Waals surface area contributed by atoms with Crippen LogP contribution in [0.15, 0.2) is 22.8 Å². The SMILES string of the molecule is CCC(CC)CN(CC)c1ccc(Br)cn1. The van der Waals surface area contributed by atoms with Gasteiger partial charge >= 0.3 is 0 Å². The Labute approximate surface area is 107 Å². The molecule has 1 heterocycles. The molecule has 0 aliphatic carbocycles. The minimum Gasteiger partial charge on any atom is -0.357 e. The van der Waals surface area contributed by atoms with Gasteiger partial charge in [-0.15, -0.1) is 0 Å². The van der Waals surface area contributed by atoms with Gasteiger partial charge in [-0.3, -0.25) is 0 Å². The van der Waals surface area contributed by atoms with E-state index in [1.54, 1.807) is 0 Å². The molecule has 90 valence electrons. The zero-order chi connectivity index (χ0) is 12.0. The number of anilines is 1. The summed E-state index contributed by atoms with van der Waals surface area (Å²) in [6, 6.07) is 4.13. The molecule has 0 amide bonds. The molecule has 1 rings (SSSR count). The van der Waals surface area contributed by atoms with Crippen molar-refractivity contribution in [2.24, 2.45) is 5.92 Å². The molecule has 0 saturated heterocycles. The molecule has 2 nitrogen and oxygen atoms in total. The summed E-state index contributed by atoms with van der Waals surface area (Å²) < 4.78 is 1.04. The Morgan fingerprint density at radius 1 is 1.25 bits per heavy atom. The molecule has 1 aromatic rings. The predicted molar refractivity (Wildman–Crippen MR) is 73.9 cm³/mol. The lowest BCUT2D eigenvalue weighted by Gasteiger charge is -2.26. The molecule has 0 saturated carbocycles. The van der Waals surface area contributed by atoms with Gasteiger partial charge in [-0.1, -0.05) is 26.7 Å². The largest absolute Gasteiger partial charge is 0.357 e. The Balaban J connectivity index is 2.70. The normalized spacial score (nSPS) is 10.8. The third kappa shape index (κ3) is 3.78. The first-order valence-electron chi connectivity index (χ1n) is 6.07. The molecule has 0 spiro atoms. The van der Waals surface area contributed by atoms with Crippen molar-refractivity contribution in [3.05, 3.63) is 22.8 Å². The highest BCUT2D eigenvalue weighted by Crippen LogP contribution is 2.18. The molecule has 3 heteroatoms. The summed E-state index contributed by atoms with van der Waals surface area (Å²) in [5.41, 5.74) is 0. The lowest BCUT2D eigenvalue weighted by Crippen LogP contribution is -2.29. The van der Waals surface area contributed by atoms with Gasteiger partial charge in [0.15, 0.2) is 0 Å². The van der Waals surface area contributed by atoms with Crippen molar-refractivity contribution in [3.63, 3.8) is 0 Å². The summed E-state index contributed by atoms with van der Waals surface area (Å²) in [6.45, 7) is 8.84. The van der Waals surface area contributed by atoms with E-state index in [0.29, 0.717) is 0 Å². The summed E-state index contributed by atoms with van der Waals surface area (Å²) >= 11 is 3.41. The standard InChI is InChI=1S/C13H21BrN2/c1-4-11(5-2)10-16(6-3)13-8-7-12(14)9-15-13/h7-9,11H,4-6,10H2,1-3H3. The van der Waals surface area contributed by atoms with E-state index in [4.69, 9.17) is 0 Å². The minimum atomic E-state index is 0.769. The number of aromatic nitrogens is 1. The molecule has 0 aliphatic rings. The summed E-state index contributed by atoms with van der Waals surface area (Å²) in [6.07, 6.45) is 4.35. The first-order chi connectivity index (χ1) is 7.71. The van der Waals surface area contributed by atoms with Gasteiger partial charge in [0.05, 0.1) is 0 Å². The van der Waals surface area contributed by atoms with E-state index >= 15 is 0 Å². The van der Waals surface area contributed by atoms with E-state index in [2.05, 4.69) is 58.7 Å². The predicted octanol–water partition coefficient (Wildman–Crippen LogP) is 4.11. The Morgan fingerprint density at radius 3 is 2.38 bits per heavy atom. The zero-order valence-corrected chi connectivity index (χ0v) is 12.0. The molecule has 0 bridgehead atoms. The molecule has 0 N–H and O–H groups in total. The maximum atomic E-state index is 4.45. The minimum absolute atomic E-state index is 0.769. The Hall–Kier alpha value is -0.570. The third-order valence-electron chi connectivity index (χ3n) is 3.05. The Kier molecular flexibility index (Phi) is 5.81. The number of hydrogen-bond acceptors (Lipinski definition) is 2. The van der Waals surface area contributed by atoms with Gasteiger partial charge in [-0.05, 0) is 40.9 Å². The third-order valence-corrected chi connectivity index (χ3v) is 3.52. The van der Waals surface area contributed by atoms with Crippen molar-refractivity contribution in [3.8, 4) is 0 Å². The molecule has 0 atom stereocenters.